The van der Waals surface area contributed by atoms with E-state index in [9.17, 15) is 9.90 Å². The van der Waals surface area contributed by atoms with Gasteiger partial charge in [0.15, 0.2) is 0 Å². The van der Waals surface area contributed by atoms with Gasteiger partial charge in [-0.15, -0.1) is 0 Å². The van der Waals surface area contributed by atoms with Crippen LogP contribution < -0.4 is 0 Å². The zero-order chi connectivity index (χ0) is 17.8. The van der Waals surface area contributed by atoms with E-state index in [1.54, 1.807) is 11.9 Å². The molecular formula is C22H23NO2. The lowest BCUT2D eigenvalue weighted by molar-refractivity contribution is -0.133. The highest BCUT2D eigenvalue weighted by molar-refractivity contribution is 5.90. The molecule has 0 spiro atoms. The third-order valence-corrected chi connectivity index (χ3v) is 4.82. The molecule has 0 saturated carbocycles. The summed E-state index contributed by atoms with van der Waals surface area (Å²) < 4.78 is 0. The Hall–Kier alpha value is -2.65. The van der Waals surface area contributed by atoms with E-state index in [-0.39, 0.29) is 11.9 Å². The van der Waals surface area contributed by atoms with Crippen LogP contribution in [0.2, 0.25) is 0 Å². The second-order valence-corrected chi connectivity index (χ2v) is 6.42. The number of aliphatic hydroxyl groups excluding tert-OH is 1. The first kappa shape index (κ1) is 17.2. The van der Waals surface area contributed by atoms with Crippen molar-refractivity contribution < 1.29 is 9.90 Å². The topological polar surface area (TPSA) is 40.5 Å². The van der Waals surface area contributed by atoms with Crippen molar-refractivity contribution in [2.45, 2.75) is 25.5 Å². The summed E-state index contributed by atoms with van der Waals surface area (Å²) >= 11 is 0. The molecular weight excluding hydrogens is 310 g/mol. The monoisotopic (exact) mass is 333 g/mol. The third kappa shape index (κ3) is 3.72. The minimum Gasteiger partial charge on any atom is -0.386 e. The lowest BCUT2D eigenvalue weighted by Gasteiger charge is -2.29. The van der Waals surface area contributed by atoms with Gasteiger partial charge >= 0.3 is 0 Å². The third-order valence-electron chi connectivity index (χ3n) is 4.82. The second kappa shape index (κ2) is 7.49. The summed E-state index contributed by atoms with van der Waals surface area (Å²) in [5.41, 5.74) is 1.83. The molecule has 0 saturated heterocycles. The maximum Gasteiger partial charge on any atom is 0.227 e. The number of likely N-dealkylation sites (N-methyl/N-ethyl adjacent to an activating group) is 1. The Labute approximate surface area is 148 Å². The first-order chi connectivity index (χ1) is 12.1. The van der Waals surface area contributed by atoms with Crippen LogP contribution in [-0.4, -0.2) is 29.0 Å². The molecule has 1 amide bonds. The van der Waals surface area contributed by atoms with E-state index in [1.165, 1.54) is 0 Å². The van der Waals surface area contributed by atoms with Crippen LogP contribution in [0.15, 0.2) is 72.8 Å². The van der Waals surface area contributed by atoms with Gasteiger partial charge in [-0.25, -0.2) is 0 Å². The summed E-state index contributed by atoms with van der Waals surface area (Å²) in [5.74, 6) is -0.00108. The molecule has 0 bridgehead atoms. The van der Waals surface area contributed by atoms with Crippen LogP contribution in [0, 0.1) is 0 Å². The van der Waals surface area contributed by atoms with Crippen molar-refractivity contribution in [2.75, 3.05) is 7.05 Å². The Morgan fingerprint density at radius 1 is 0.960 bits per heavy atom. The normalized spacial score (nSPS) is 13.4. The largest absolute Gasteiger partial charge is 0.386 e. The summed E-state index contributed by atoms with van der Waals surface area (Å²) in [5, 5.41) is 12.8. The smallest absolute Gasteiger partial charge is 0.227 e. The van der Waals surface area contributed by atoms with Gasteiger partial charge in [-0.05, 0) is 28.8 Å². The lowest BCUT2D eigenvalue weighted by Crippen LogP contribution is -2.39. The molecule has 0 heterocycles. The van der Waals surface area contributed by atoms with E-state index in [1.807, 2.05) is 67.6 Å². The van der Waals surface area contributed by atoms with Crippen molar-refractivity contribution in [1.82, 2.24) is 4.90 Å². The Morgan fingerprint density at radius 3 is 2.36 bits per heavy atom. The first-order valence-corrected chi connectivity index (χ1v) is 8.53. The van der Waals surface area contributed by atoms with E-state index in [2.05, 4.69) is 12.1 Å². The molecule has 3 nitrogen and oxygen atoms in total. The molecule has 3 aromatic carbocycles. The van der Waals surface area contributed by atoms with Crippen molar-refractivity contribution in [3.8, 4) is 0 Å². The number of carbonyl (C=O) groups excluding carboxylic acids is 1. The number of hydrogen-bond acceptors (Lipinski definition) is 2. The van der Waals surface area contributed by atoms with E-state index < -0.39 is 6.10 Å². The summed E-state index contributed by atoms with van der Waals surface area (Å²) in [6.45, 7) is 1.87. The second-order valence-electron chi connectivity index (χ2n) is 6.42. The minimum atomic E-state index is -0.706. The zero-order valence-corrected chi connectivity index (χ0v) is 14.6. The fraction of sp³-hybridized carbons (Fsp3) is 0.227. The highest BCUT2D eigenvalue weighted by Gasteiger charge is 2.24. The quantitative estimate of drug-likeness (QED) is 0.768. The molecule has 3 heteroatoms. The molecule has 0 aliphatic heterocycles. The number of hydrogen-bond donors (Lipinski definition) is 1. The predicted octanol–water partition coefficient (Wildman–Crippen LogP) is 3.96. The number of aliphatic hydroxyl groups is 1. The fourth-order valence-electron chi connectivity index (χ4n) is 3.10. The Balaban J connectivity index is 1.76. The van der Waals surface area contributed by atoms with E-state index in [4.69, 9.17) is 0 Å². The van der Waals surface area contributed by atoms with Crippen molar-refractivity contribution in [1.29, 1.82) is 0 Å². The van der Waals surface area contributed by atoms with Crippen LogP contribution in [0.4, 0.5) is 0 Å². The zero-order valence-electron chi connectivity index (χ0n) is 14.6. The van der Waals surface area contributed by atoms with Gasteiger partial charge in [0, 0.05) is 7.05 Å². The summed E-state index contributed by atoms with van der Waals surface area (Å²) in [4.78, 5) is 14.4. The molecule has 0 aliphatic carbocycles. The van der Waals surface area contributed by atoms with Crippen molar-refractivity contribution in [3.63, 3.8) is 0 Å². The number of nitrogens with zero attached hydrogens (tertiary/aromatic N) is 1. The Bertz CT molecular complexity index is 855. The highest BCUT2D eigenvalue weighted by atomic mass is 16.3. The lowest BCUT2D eigenvalue weighted by atomic mass is 10.00. The average molecular weight is 333 g/mol. The van der Waals surface area contributed by atoms with Gasteiger partial charge in [-0.2, -0.15) is 0 Å². The maximum atomic E-state index is 12.7. The molecule has 1 N–H and O–H groups in total. The van der Waals surface area contributed by atoms with Gasteiger partial charge in [-0.1, -0.05) is 72.8 Å². The number of rotatable bonds is 5. The number of benzene rings is 3. The average Bonchev–Trinajstić information content (AvgIpc) is 2.67. The Morgan fingerprint density at radius 2 is 1.60 bits per heavy atom. The van der Waals surface area contributed by atoms with Crippen LogP contribution in [0.3, 0.4) is 0 Å². The van der Waals surface area contributed by atoms with Gasteiger partial charge in [0.2, 0.25) is 5.91 Å². The Kier molecular flexibility index (Phi) is 5.15. The molecule has 2 unspecified atom stereocenters. The fourth-order valence-corrected chi connectivity index (χ4v) is 3.10. The molecule has 0 fully saturated rings. The molecule has 0 aliphatic rings. The summed E-state index contributed by atoms with van der Waals surface area (Å²) in [7, 11) is 1.75. The van der Waals surface area contributed by atoms with Crippen LogP contribution in [0.5, 0.6) is 0 Å². The molecule has 0 radical (unpaired) electrons. The van der Waals surface area contributed by atoms with Gasteiger partial charge in [-0.3, -0.25) is 4.79 Å². The SMILES string of the molecule is CC(C(O)c1ccccc1)N(C)C(=O)Cc1cccc2ccccc12. The molecule has 128 valence electrons. The highest BCUT2D eigenvalue weighted by Crippen LogP contribution is 2.22. The van der Waals surface area contributed by atoms with E-state index >= 15 is 0 Å². The van der Waals surface area contributed by atoms with Gasteiger partial charge in [0.1, 0.15) is 0 Å². The first-order valence-electron chi connectivity index (χ1n) is 8.53. The number of carbonyl (C=O) groups is 1. The van der Waals surface area contributed by atoms with Crippen LogP contribution in [0.25, 0.3) is 10.8 Å². The van der Waals surface area contributed by atoms with Gasteiger partial charge in [0.25, 0.3) is 0 Å². The molecule has 25 heavy (non-hydrogen) atoms. The van der Waals surface area contributed by atoms with Gasteiger partial charge < -0.3 is 10.0 Å². The molecule has 2 atom stereocenters. The van der Waals surface area contributed by atoms with Crippen molar-refractivity contribution in [2.24, 2.45) is 0 Å². The minimum absolute atomic E-state index is 0.00108. The van der Waals surface area contributed by atoms with E-state index in [0.29, 0.717) is 6.42 Å². The van der Waals surface area contributed by atoms with Crippen LogP contribution >= 0.6 is 0 Å². The maximum absolute atomic E-state index is 12.7. The van der Waals surface area contributed by atoms with Crippen LogP contribution in [-0.2, 0) is 11.2 Å². The molecule has 3 aromatic rings. The van der Waals surface area contributed by atoms with Crippen molar-refractivity contribution >= 4 is 16.7 Å². The van der Waals surface area contributed by atoms with Gasteiger partial charge in [0.05, 0.1) is 18.6 Å². The molecule has 3 rings (SSSR count). The van der Waals surface area contributed by atoms with Crippen LogP contribution in [0.1, 0.15) is 24.2 Å². The molecule has 0 aromatic heterocycles. The standard InChI is InChI=1S/C22H23NO2/c1-16(22(25)18-10-4-3-5-11-18)23(2)21(24)15-19-13-8-12-17-9-6-7-14-20(17)19/h3-14,16,22,25H,15H2,1-2H3. The summed E-state index contributed by atoms with van der Waals surface area (Å²) in [6.07, 6.45) is -0.383. The van der Waals surface area contributed by atoms with E-state index in [0.717, 1.165) is 21.9 Å². The number of fused-ring (bicyclic) bond motifs is 1. The predicted molar refractivity (Wildman–Crippen MR) is 101 cm³/mol. The summed E-state index contributed by atoms with van der Waals surface area (Å²) in [6, 6.07) is 23.3. The number of amides is 1. The van der Waals surface area contributed by atoms with Crippen molar-refractivity contribution in [3.05, 3.63) is 83.9 Å².